The van der Waals surface area contributed by atoms with Crippen LogP contribution in [0.2, 0.25) is 0 Å². The molecule has 1 N–H and O–H groups in total. The van der Waals surface area contributed by atoms with Crippen molar-refractivity contribution in [2.24, 2.45) is 5.41 Å². The van der Waals surface area contributed by atoms with E-state index in [4.69, 9.17) is 4.74 Å². The summed E-state index contributed by atoms with van der Waals surface area (Å²) in [6, 6.07) is 0. The van der Waals surface area contributed by atoms with Crippen LogP contribution in [0.4, 0.5) is 4.79 Å². The van der Waals surface area contributed by atoms with E-state index in [9.17, 15) is 19.5 Å². The van der Waals surface area contributed by atoms with Crippen molar-refractivity contribution >= 4 is 18.0 Å². The van der Waals surface area contributed by atoms with Crippen molar-refractivity contribution in [1.82, 2.24) is 4.90 Å². The number of nitrogens with zero attached hydrogens (tertiary/aromatic N) is 1. The van der Waals surface area contributed by atoms with E-state index in [0.717, 1.165) is 0 Å². The molecule has 2 amide bonds. The number of carboxylic acid groups (broad SMARTS) is 1. The van der Waals surface area contributed by atoms with Crippen LogP contribution < -0.4 is 0 Å². The molecule has 0 bridgehead atoms. The van der Waals surface area contributed by atoms with Crippen LogP contribution in [0.1, 0.15) is 48.0 Å². The molecule has 6 heteroatoms. The van der Waals surface area contributed by atoms with Crippen molar-refractivity contribution in [3.8, 4) is 0 Å². The molecule has 0 radical (unpaired) electrons. The Bertz CT molecular complexity index is 435. The van der Waals surface area contributed by atoms with Gasteiger partial charge in [-0.05, 0) is 34.1 Å². The molecule has 1 aliphatic rings. The van der Waals surface area contributed by atoms with Crippen molar-refractivity contribution in [2.45, 2.75) is 59.1 Å². The first kappa shape index (κ1) is 15.5. The minimum atomic E-state index is -1.47. The van der Waals surface area contributed by atoms with Gasteiger partial charge in [0, 0.05) is 5.41 Å². The first-order valence-electron chi connectivity index (χ1n) is 6.12. The quantitative estimate of drug-likeness (QED) is 0.738. The number of amides is 2. The van der Waals surface area contributed by atoms with Gasteiger partial charge in [0.25, 0.3) is 0 Å². The van der Waals surface area contributed by atoms with Crippen LogP contribution >= 0.6 is 0 Å². The molecule has 19 heavy (non-hydrogen) atoms. The van der Waals surface area contributed by atoms with E-state index in [2.05, 4.69) is 0 Å². The van der Waals surface area contributed by atoms with Gasteiger partial charge in [0.2, 0.25) is 5.91 Å². The molecule has 1 fully saturated rings. The minimum absolute atomic E-state index is 0.111. The van der Waals surface area contributed by atoms with Gasteiger partial charge in [0.15, 0.2) is 0 Å². The molecule has 0 spiro atoms. The fraction of sp³-hybridized carbons (Fsp3) is 0.769. The van der Waals surface area contributed by atoms with E-state index >= 15 is 0 Å². The molecule has 0 aromatic carbocycles. The minimum Gasteiger partial charge on any atom is -0.465 e. The standard InChI is InChI=1S/C13H21NO5/c1-11(2,3)19-9(16)13(6)7-12(4,5)8(15)14(13)10(17)18/h7H2,1-6H3,(H,17,18). The average Bonchev–Trinajstić information content (AvgIpc) is 2.30. The zero-order chi connectivity index (χ0) is 15.2. The number of ether oxygens (including phenoxy) is 1. The molecule has 1 rings (SSSR count). The Hall–Kier alpha value is -1.59. The lowest BCUT2D eigenvalue weighted by Crippen LogP contribution is -2.54. The Labute approximate surface area is 112 Å². The lowest BCUT2D eigenvalue weighted by atomic mass is 9.84. The zero-order valence-electron chi connectivity index (χ0n) is 12.2. The number of likely N-dealkylation sites (tertiary alicyclic amines) is 1. The highest BCUT2D eigenvalue weighted by molar-refractivity contribution is 6.03. The Kier molecular flexibility index (Phi) is 3.43. The summed E-state index contributed by atoms with van der Waals surface area (Å²) >= 11 is 0. The third-order valence-electron chi connectivity index (χ3n) is 3.09. The molecule has 1 aliphatic heterocycles. The van der Waals surface area contributed by atoms with Gasteiger partial charge in [-0.2, -0.15) is 0 Å². The van der Waals surface area contributed by atoms with E-state index in [1.165, 1.54) is 6.92 Å². The average molecular weight is 271 g/mol. The van der Waals surface area contributed by atoms with Crippen LogP contribution in [0.25, 0.3) is 0 Å². The van der Waals surface area contributed by atoms with Gasteiger partial charge in [0.05, 0.1) is 0 Å². The van der Waals surface area contributed by atoms with Crippen LogP contribution in [0.5, 0.6) is 0 Å². The predicted molar refractivity (Wildman–Crippen MR) is 67.5 cm³/mol. The van der Waals surface area contributed by atoms with Gasteiger partial charge < -0.3 is 9.84 Å². The summed E-state index contributed by atoms with van der Waals surface area (Å²) in [5, 5.41) is 9.20. The number of imide groups is 1. The summed E-state index contributed by atoms with van der Waals surface area (Å²) in [7, 11) is 0. The van der Waals surface area contributed by atoms with Gasteiger partial charge in [-0.15, -0.1) is 0 Å². The van der Waals surface area contributed by atoms with Crippen LogP contribution in [0.15, 0.2) is 0 Å². The topological polar surface area (TPSA) is 83.9 Å². The molecule has 6 nitrogen and oxygen atoms in total. The second kappa shape index (κ2) is 4.21. The summed E-state index contributed by atoms with van der Waals surface area (Å²) in [5.41, 5.74) is -3.11. The highest BCUT2D eigenvalue weighted by atomic mass is 16.6. The predicted octanol–water partition coefficient (Wildman–Crippen LogP) is 2.02. The Morgan fingerprint density at radius 3 is 2.11 bits per heavy atom. The molecule has 1 atom stereocenters. The maximum Gasteiger partial charge on any atom is 0.415 e. The van der Waals surface area contributed by atoms with E-state index in [1.807, 2.05) is 0 Å². The number of carbonyl (C=O) groups excluding carboxylic acids is 2. The number of hydrogen-bond donors (Lipinski definition) is 1. The highest BCUT2D eigenvalue weighted by Crippen LogP contribution is 2.43. The van der Waals surface area contributed by atoms with Crippen molar-refractivity contribution in [2.75, 3.05) is 0 Å². The molecule has 1 saturated heterocycles. The maximum absolute atomic E-state index is 12.3. The van der Waals surface area contributed by atoms with Gasteiger partial charge in [0.1, 0.15) is 11.1 Å². The Morgan fingerprint density at radius 1 is 1.26 bits per heavy atom. The fourth-order valence-electron chi connectivity index (χ4n) is 2.39. The van der Waals surface area contributed by atoms with E-state index < -0.39 is 34.5 Å². The summed E-state index contributed by atoms with van der Waals surface area (Å²) < 4.78 is 5.25. The number of esters is 1. The largest absolute Gasteiger partial charge is 0.465 e. The van der Waals surface area contributed by atoms with E-state index in [0.29, 0.717) is 4.90 Å². The molecule has 1 unspecified atom stereocenters. The monoisotopic (exact) mass is 271 g/mol. The lowest BCUT2D eigenvalue weighted by molar-refractivity contribution is -0.167. The summed E-state index contributed by atoms with van der Waals surface area (Å²) in [6.07, 6.45) is -1.32. The third-order valence-corrected chi connectivity index (χ3v) is 3.09. The van der Waals surface area contributed by atoms with Crippen molar-refractivity contribution in [3.63, 3.8) is 0 Å². The molecule has 0 aromatic heterocycles. The second-order valence-electron chi connectivity index (χ2n) is 6.76. The van der Waals surface area contributed by atoms with Crippen LogP contribution in [-0.2, 0) is 14.3 Å². The van der Waals surface area contributed by atoms with Crippen LogP contribution in [0, 0.1) is 5.41 Å². The zero-order valence-corrected chi connectivity index (χ0v) is 12.2. The normalized spacial score (nSPS) is 26.4. The van der Waals surface area contributed by atoms with Gasteiger partial charge >= 0.3 is 12.1 Å². The van der Waals surface area contributed by atoms with E-state index in [-0.39, 0.29) is 6.42 Å². The van der Waals surface area contributed by atoms with Gasteiger partial charge in [-0.25, -0.2) is 14.5 Å². The Morgan fingerprint density at radius 2 is 1.74 bits per heavy atom. The summed E-state index contributed by atoms with van der Waals surface area (Å²) in [6.45, 7) is 9.77. The first-order chi connectivity index (χ1) is 8.31. The maximum atomic E-state index is 12.3. The lowest BCUT2D eigenvalue weighted by Gasteiger charge is -2.32. The van der Waals surface area contributed by atoms with Gasteiger partial charge in [-0.3, -0.25) is 4.79 Å². The molecular formula is C13H21NO5. The second-order valence-corrected chi connectivity index (χ2v) is 6.76. The Balaban J connectivity index is 3.18. The summed E-state index contributed by atoms with van der Waals surface area (Å²) in [4.78, 5) is 36.2. The van der Waals surface area contributed by atoms with E-state index in [1.54, 1.807) is 34.6 Å². The van der Waals surface area contributed by atoms with Crippen LogP contribution in [0.3, 0.4) is 0 Å². The number of rotatable bonds is 1. The van der Waals surface area contributed by atoms with Crippen LogP contribution in [-0.4, -0.2) is 39.1 Å². The smallest absolute Gasteiger partial charge is 0.415 e. The highest BCUT2D eigenvalue weighted by Gasteiger charge is 2.60. The fourth-order valence-corrected chi connectivity index (χ4v) is 2.39. The SMILES string of the molecule is CC(C)(C)OC(=O)C1(C)CC(C)(C)C(=O)N1C(=O)O. The van der Waals surface area contributed by atoms with Crippen molar-refractivity contribution in [3.05, 3.63) is 0 Å². The molecule has 0 aliphatic carbocycles. The number of hydrogen-bond acceptors (Lipinski definition) is 4. The number of carbonyl (C=O) groups is 3. The van der Waals surface area contributed by atoms with Crippen molar-refractivity contribution < 1.29 is 24.2 Å². The summed E-state index contributed by atoms with van der Waals surface area (Å²) in [5.74, 6) is -1.27. The third kappa shape index (κ3) is 2.72. The van der Waals surface area contributed by atoms with Gasteiger partial charge in [-0.1, -0.05) is 13.8 Å². The molecule has 0 aromatic rings. The molecule has 0 saturated carbocycles. The molecule has 108 valence electrons. The molecule has 1 heterocycles. The van der Waals surface area contributed by atoms with Crippen molar-refractivity contribution in [1.29, 1.82) is 0 Å². The first-order valence-corrected chi connectivity index (χ1v) is 6.12. The molecular weight excluding hydrogens is 250 g/mol.